The van der Waals surface area contributed by atoms with Crippen LogP contribution < -0.4 is 0 Å². The van der Waals surface area contributed by atoms with E-state index in [0.717, 1.165) is 19.3 Å². The summed E-state index contributed by atoms with van der Waals surface area (Å²) >= 11 is 5.99. The number of benzene rings is 1. The standard InChI is InChI=1S/C13H19Cl/c1-4-10-7-11(5-2)13(9-14)12(6-3)8-10/h7-8H,4-6,9H2,1-3H3. The van der Waals surface area contributed by atoms with Crippen LogP contribution in [0.15, 0.2) is 12.1 Å². The van der Waals surface area contributed by atoms with E-state index in [1.807, 2.05) is 0 Å². The van der Waals surface area contributed by atoms with Crippen LogP contribution in [-0.2, 0) is 25.1 Å². The third kappa shape index (κ3) is 2.30. The Kier molecular flexibility index (Phi) is 4.47. The predicted octanol–water partition coefficient (Wildman–Crippen LogP) is 4.11. The van der Waals surface area contributed by atoms with Crippen molar-refractivity contribution in [3.8, 4) is 0 Å². The molecule has 0 aliphatic rings. The molecule has 0 saturated carbocycles. The average Bonchev–Trinajstić information content (AvgIpc) is 2.26. The first kappa shape index (κ1) is 11.6. The molecule has 0 bridgehead atoms. The Labute approximate surface area is 92.3 Å². The first-order valence-corrected chi connectivity index (χ1v) is 5.99. The lowest BCUT2D eigenvalue weighted by Gasteiger charge is -2.13. The number of hydrogen-bond donors (Lipinski definition) is 0. The largest absolute Gasteiger partial charge is 0.122 e. The topological polar surface area (TPSA) is 0 Å². The first-order chi connectivity index (χ1) is 6.76. The maximum atomic E-state index is 5.99. The van der Waals surface area contributed by atoms with Gasteiger partial charge in [-0.05, 0) is 41.5 Å². The Balaban J connectivity index is 3.24. The molecule has 0 N–H and O–H groups in total. The smallest absolute Gasteiger partial charge is 0.0479 e. The molecule has 1 heteroatoms. The summed E-state index contributed by atoms with van der Waals surface area (Å²) in [4.78, 5) is 0. The molecular formula is C13H19Cl. The van der Waals surface area contributed by atoms with Gasteiger partial charge in [-0.25, -0.2) is 0 Å². The summed E-state index contributed by atoms with van der Waals surface area (Å²) in [7, 11) is 0. The maximum Gasteiger partial charge on any atom is 0.0479 e. The molecule has 78 valence electrons. The first-order valence-electron chi connectivity index (χ1n) is 5.46. The van der Waals surface area contributed by atoms with Crippen LogP contribution in [0.5, 0.6) is 0 Å². The summed E-state index contributed by atoms with van der Waals surface area (Å²) in [6, 6.07) is 4.60. The van der Waals surface area contributed by atoms with Crippen molar-refractivity contribution in [3.63, 3.8) is 0 Å². The molecule has 0 aromatic heterocycles. The van der Waals surface area contributed by atoms with E-state index in [1.54, 1.807) is 0 Å². The van der Waals surface area contributed by atoms with Gasteiger partial charge in [0.2, 0.25) is 0 Å². The van der Waals surface area contributed by atoms with Gasteiger partial charge in [0.05, 0.1) is 0 Å². The highest BCUT2D eigenvalue weighted by atomic mass is 35.5. The van der Waals surface area contributed by atoms with Gasteiger partial charge in [-0.2, -0.15) is 0 Å². The van der Waals surface area contributed by atoms with Crippen LogP contribution in [0, 0.1) is 0 Å². The molecule has 0 radical (unpaired) electrons. The molecule has 1 aromatic rings. The van der Waals surface area contributed by atoms with Gasteiger partial charge in [0.15, 0.2) is 0 Å². The highest BCUT2D eigenvalue weighted by Gasteiger charge is 2.06. The lowest BCUT2D eigenvalue weighted by molar-refractivity contribution is 1.00. The van der Waals surface area contributed by atoms with E-state index in [0.29, 0.717) is 5.88 Å². The maximum absolute atomic E-state index is 5.99. The summed E-state index contributed by atoms with van der Waals surface area (Å²) in [5.41, 5.74) is 5.65. The summed E-state index contributed by atoms with van der Waals surface area (Å²) in [5.74, 6) is 0.649. The monoisotopic (exact) mass is 210 g/mol. The van der Waals surface area contributed by atoms with Crippen LogP contribution in [0.1, 0.15) is 43.0 Å². The number of alkyl halides is 1. The second-order valence-electron chi connectivity index (χ2n) is 3.59. The molecule has 1 aromatic carbocycles. The Morgan fingerprint density at radius 2 is 1.43 bits per heavy atom. The van der Waals surface area contributed by atoms with Gasteiger partial charge in [0.1, 0.15) is 0 Å². The molecule has 0 spiro atoms. The zero-order valence-corrected chi connectivity index (χ0v) is 10.1. The second-order valence-corrected chi connectivity index (χ2v) is 3.85. The van der Waals surface area contributed by atoms with Crippen molar-refractivity contribution in [2.24, 2.45) is 0 Å². The quantitative estimate of drug-likeness (QED) is 0.657. The molecule has 1 rings (SSSR count). The van der Waals surface area contributed by atoms with E-state index in [-0.39, 0.29) is 0 Å². The fraction of sp³-hybridized carbons (Fsp3) is 0.538. The van der Waals surface area contributed by atoms with Gasteiger partial charge in [-0.1, -0.05) is 32.9 Å². The van der Waals surface area contributed by atoms with Gasteiger partial charge in [-0.15, -0.1) is 11.6 Å². The fourth-order valence-electron chi connectivity index (χ4n) is 1.88. The molecule has 0 nitrogen and oxygen atoms in total. The molecular weight excluding hydrogens is 192 g/mol. The number of rotatable bonds is 4. The predicted molar refractivity (Wildman–Crippen MR) is 64.1 cm³/mol. The Morgan fingerprint density at radius 3 is 1.71 bits per heavy atom. The van der Waals surface area contributed by atoms with Gasteiger partial charge in [0.25, 0.3) is 0 Å². The van der Waals surface area contributed by atoms with E-state index in [2.05, 4.69) is 32.9 Å². The Bertz CT molecular complexity index is 277. The normalized spacial score (nSPS) is 10.6. The lowest BCUT2D eigenvalue weighted by Crippen LogP contribution is -1.99. The van der Waals surface area contributed by atoms with Crippen molar-refractivity contribution >= 4 is 11.6 Å². The van der Waals surface area contributed by atoms with Crippen molar-refractivity contribution in [2.45, 2.75) is 45.9 Å². The van der Waals surface area contributed by atoms with Crippen LogP contribution in [0.25, 0.3) is 0 Å². The minimum Gasteiger partial charge on any atom is -0.122 e. The van der Waals surface area contributed by atoms with Crippen LogP contribution in [0.4, 0.5) is 0 Å². The molecule has 0 unspecified atom stereocenters. The summed E-state index contributed by atoms with van der Waals surface area (Å²) in [6.45, 7) is 6.60. The van der Waals surface area contributed by atoms with Gasteiger partial charge < -0.3 is 0 Å². The summed E-state index contributed by atoms with van der Waals surface area (Å²) in [5, 5.41) is 0. The van der Waals surface area contributed by atoms with Gasteiger partial charge in [0, 0.05) is 5.88 Å². The van der Waals surface area contributed by atoms with E-state index in [4.69, 9.17) is 11.6 Å². The van der Waals surface area contributed by atoms with E-state index < -0.39 is 0 Å². The summed E-state index contributed by atoms with van der Waals surface area (Å²) in [6.07, 6.45) is 3.29. The average molecular weight is 211 g/mol. The molecule has 0 aliphatic heterocycles. The van der Waals surface area contributed by atoms with Crippen LogP contribution in [0.3, 0.4) is 0 Å². The number of halogens is 1. The third-order valence-corrected chi connectivity index (χ3v) is 3.07. The fourth-order valence-corrected chi connectivity index (χ4v) is 2.22. The Hall–Kier alpha value is -0.490. The van der Waals surface area contributed by atoms with Gasteiger partial charge in [-0.3, -0.25) is 0 Å². The molecule has 0 amide bonds. The van der Waals surface area contributed by atoms with E-state index >= 15 is 0 Å². The molecule has 14 heavy (non-hydrogen) atoms. The van der Waals surface area contributed by atoms with E-state index in [9.17, 15) is 0 Å². The highest BCUT2D eigenvalue weighted by molar-refractivity contribution is 6.17. The zero-order chi connectivity index (χ0) is 10.6. The lowest BCUT2D eigenvalue weighted by atomic mass is 9.95. The van der Waals surface area contributed by atoms with Crippen LogP contribution in [-0.4, -0.2) is 0 Å². The molecule has 0 aliphatic carbocycles. The van der Waals surface area contributed by atoms with Crippen molar-refractivity contribution in [2.75, 3.05) is 0 Å². The molecule has 0 heterocycles. The van der Waals surface area contributed by atoms with E-state index in [1.165, 1.54) is 22.3 Å². The Morgan fingerprint density at radius 1 is 0.929 bits per heavy atom. The van der Waals surface area contributed by atoms with Crippen LogP contribution in [0.2, 0.25) is 0 Å². The number of hydrogen-bond acceptors (Lipinski definition) is 0. The zero-order valence-electron chi connectivity index (χ0n) is 9.36. The van der Waals surface area contributed by atoms with Crippen molar-refractivity contribution in [1.29, 1.82) is 0 Å². The minimum atomic E-state index is 0.649. The third-order valence-electron chi connectivity index (χ3n) is 2.80. The highest BCUT2D eigenvalue weighted by Crippen LogP contribution is 2.21. The van der Waals surface area contributed by atoms with Crippen molar-refractivity contribution < 1.29 is 0 Å². The van der Waals surface area contributed by atoms with Crippen molar-refractivity contribution in [3.05, 3.63) is 34.4 Å². The van der Waals surface area contributed by atoms with Gasteiger partial charge >= 0.3 is 0 Å². The summed E-state index contributed by atoms with van der Waals surface area (Å²) < 4.78 is 0. The molecule has 0 saturated heterocycles. The minimum absolute atomic E-state index is 0.649. The van der Waals surface area contributed by atoms with Crippen molar-refractivity contribution in [1.82, 2.24) is 0 Å². The SMILES string of the molecule is CCc1cc(CC)c(CCl)c(CC)c1. The number of aryl methyl sites for hydroxylation is 3. The second kappa shape index (κ2) is 5.41. The van der Waals surface area contributed by atoms with Crippen LogP contribution >= 0.6 is 11.6 Å². The molecule has 0 atom stereocenters. The molecule has 0 fully saturated rings.